The minimum Gasteiger partial charge on any atom is -0.315 e. The van der Waals surface area contributed by atoms with Crippen molar-refractivity contribution >= 4 is 0 Å². The maximum Gasteiger partial charge on any atom is 0.0221 e. The lowest BCUT2D eigenvalue weighted by molar-refractivity contribution is 0.0607. The summed E-state index contributed by atoms with van der Waals surface area (Å²) in [5, 5.41) is 3.58. The first-order valence-corrected chi connectivity index (χ1v) is 6.96. The van der Waals surface area contributed by atoms with E-state index in [1.54, 1.807) is 0 Å². The molecule has 0 aliphatic carbocycles. The summed E-state index contributed by atoms with van der Waals surface area (Å²) in [6, 6.07) is 1.57. The topological polar surface area (TPSA) is 18.5 Å². The smallest absolute Gasteiger partial charge is 0.0221 e. The normalized spacial score (nSPS) is 34.9. The Hall–Kier alpha value is -0.120. The molecule has 2 rings (SSSR count). The molecule has 2 heterocycles. The van der Waals surface area contributed by atoms with Crippen LogP contribution in [0.15, 0.2) is 0 Å². The van der Waals surface area contributed by atoms with Gasteiger partial charge in [-0.1, -0.05) is 13.3 Å². The van der Waals surface area contributed by atoms with Crippen molar-refractivity contribution in [2.24, 2.45) is 0 Å². The SMILES string of the molecule is CCC1CN(C2CCCCNC2)CCN1C. The van der Waals surface area contributed by atoms with E-state index in [1.807, 2.05) is 0 Å². The van der Waals surface area contributed by atoms with E-state index < -0.39 is 0 Å². The lowest BCUT2D eigenvalue weighted by Crippen LogP contribution is -2.55. The van der Waals surface area contributed by atoms with Gasteiger partial charge in [-0.3, -0.25) is 4.90 Å². The zero-order valence-electron chi connectivity index (χ0n) is 10.9. The van der Waals surface area contributed by atoms with Crippen LogP contribution in [-0.2, 0) is 0 Å². The van der Waals surface area contributed by atoms with Gasteiger partial charge in [-0.15, -0.1) is 0 Å². The molecule has 2 fully saturated rings. The first kappa shape index (κ1) is 12.3. The lowest BCUT2D eigenvalue weighted by Gasteiger charge is -2.42. The molecule has 2 atom stereocenters. The zero-order chi connectivity index (χ0) is 11.4. The van der Waals surface area contributed by atoms with Gasteiger partial charge in [-0.25, -0.2) is 0 Å². The van der Waals surface area contributed by atoms with E-state index in [2.05, 4.69) is 29.1 Å². The van der Waals surface area contributed by atoms with E-state index >= 15 is 0 Å². The van der Waals surface area contributed by atoms with Crippen LogP contribution in [0.4, 0.5) is 0 Å². The first-order valence-electron chi connectivity index (χ1n) is 6.96. The third-order valence-corrected chi connectivity index (χ3v) is 4.32. The largest absolute Gasteiger partial charge is 0.315 e. The quantitative estimate of drug-likeness (QED) is 0.761. The molecular formula is C13H27N3. The average Bonchev–Trinajstić information content (AvgIpc) is 2.58. The summed E-state index contributed by atoms with van der Waals surface area (Å²) in [5.74, 6) is 0. The summed E-state index contributed by atoms with van der Waals surface area (Å²) in [6.07, 6.45) is 5.45. The molecule has 0 radical (unpaired) electrons. The third kappa shape index (κ3) is 2.96. The van der Waals surface area contributed by atoms with Crippen LogP contribution in [0.1, 0.15) is 32.6 Å². The summed E-state index contributed by atoms with van der Waals surface area (Å²) >= 11 is 0. The highest BCUT2D eigenvalue weighted by molar-refractivity contribution is 4.85. The van der Waals surface area contributed by atoms with Gasteiger partial charge in [-0.05, 0) is 32.9 Å². The van der Waals surface area contributed by atoms with Gasteiger partial charge in [0.05, 0.1) is 0 Å². The number of rotatable bonds is 2. The highest BCUT2D eigenvalue weighted by Crippen LogP contribution is 2.17. The summed E-state index contributed by atoms with van der Waals surface area (Å²) in [6.45, 7) is 8.53. The van der Waals surface area contributed by atoms with Gasteiger partial charge in [0.2, 0.25) is 0 Å². The van der Waals surface area contributed by atoms with E-state index in [4.69, 9.17) is 0 Å². The van der Waals surface area contributed by atoms with Crippen molar-refractivity contribution in [1.29, 1.82) is 0 Å². The van der Waals surface area contributed by atoms with Gasteiger partial charge in [-0.2, -0.15) is 0 Å². The van der Waals surface area contributed by atoms with E-state index in [9.17, 15) is 0 Å². The van der Waals surface area contributed by atoms with Crippen LogP contribution < -0.4 is 5.32 Å². The molecule has 3 heteroatoms. The van der Waals surface area contributed by atoms with Crippen molar-refractivity contribution in [2.75, 3.05) is 39.8 Å². The molecule has 0 spiro atoms. The van der Waals surface area contributed by atoms with Crippen molar-refractivity contribution in [3.05, 3.63) is 0 Å². The first-order chi connectivity index (χ1) is 7.81. The van der Waals surface area contributed by atoms with E-state index in [1.165, 1.54) is 58.4 Å². The Kier molecular flexibility index (Phi) is 4.62. The summed E-state index contributed by atoms with van der Waals surface area (Å²) in [5.41, 5.74) is 0. The fraction of sp³-hybridized carbons (Fsp3) is 1.00. The molecule has 0 aromatic carbocycles. The summed E-state index contributed by atoms with van der Waals surface area (Å²) in [4.78, 5) is 5.26. The molecule has 16 heavy (non-hydrogen) atoms. The maximum absolute atomic E-state index is 3.58. The molecule has 0 amide bonds. The summed E-state index contributed by atoms with van der Waals surface area (Å²) in [7, 11) is 2.27. The molecule has 2 aliphatic heterocycles. The highest BCUT2D eigenvalue weighted by Gasteiger charge is 2.27. The van der Waals surface area contributed by atoms with Crippen molar-refractivity contribution in [3.8, 4) is 0 Å². The van der Waals surface area contributed by atoms with Crippen LogP contribution in [0.25, 0.3) is 0 Å². The molecule has 2 saturated heterocycles. The lowest BCUT2D eigenvalue weighted by atomic mass is 10.0. The predicted molar refractivity (Wildman–Crippen MR) is 68.8 cm³/mol. The van der Waals surface area contributed by atoms with E-state index in [0.29, 0.717) is 0 Å². The number of hydrogen-bond donors (Lipinski definition) is 1. The molecule has 94 valence electrons. The zero-order valence-corrected chi connectivity index (χ0v) is 10.9. The van der Waals surface area contributed by atoms with Gasteiger partial charge < -0.3 is 10.2 Å². The van der Waals surface area contributed by atoms with Crippen molar-refractivity contribution in [3.63, 3.8) is 0 Å². The minimum absolute atomic E-state index is 0.775. The molecule has 0 bridgehead atoms. The highest BCUT2D eigenvalue weighted by atomic mass is 15.3. The fourth-order valence-corrected chi connectivity index (χ4v) is 3.05. The van der Waals surface area contributed by atoms with Crippen LogP contribution in [-0.4, -0.2) is 61.7 Å². The number of nitrogens with one attached hydrogen (secondary N) is 1. The monoisotopic (exact) mass is 225 g/mol. The van der Waals surface area contributed by atoms with Gasteiger partial charge in [0.15, 0.2) is 0 Å². The molecule has 2 unspecified atom stereocenters. The molecule has 0 saturated carbocycles. The van der Waals surface area contributed by atoms with Gasteiger partial charge in [0.1, 0.15) is 0 Å². The Morgan fingerprint density at radius 1 is 1.25 bits per heavy atom. The Morgan fingerprint density at radius 2 is 2.12 bits per heavy atom. The minimum atomic E-state index is 0.775. The maximum atomic E-state index is 3.58. The van der Waals surface area contributed by atoms with Crippen LogP contribution in [0.2, 0.25) is 0 Å². The van der Waals surface area contributed by atoms with Crippen LogP contribution in [0.3, 0.4) is 0 Å². The Labute approximate surface area is 100 Å². The number of hydrogen-bond acceptors (Lipinski definition) is 3. The molecular weight excluding hydrogens is 198 g/mol. The average molecular weight is 225 g/mol. The van der Waals surface area contributed by atoms with Crippen LogP contribution >= 0.6 is 0 Å². The van der Waals surface area contributed by atoms with Gasteiger partial charge >= 0.3 is 0 Å². The standard InChI is InChI=1S/C13H27N3/c1-3-12-11-16(9-8-15(12)2)13-6-4-5-7-14-10-13/h12-14H,3-11H2,1-2H3. The Morgan fingerprint density at radius 3 is 2.94 bits per heavy atom. The summed E-state index contributed by atoms with van der Waals surface area (Å²) < 4.78 is 0. The van der Waals surface area contributed by atoms with Crippen molar-refractivity contribution < 1.29 is 0 Å². The number of piperazine rings is 1. The Balaban J connectivity index is 1.88. The molecule has 0 aromatic rings. The van der Waals surface area contributed by atoms with E-state index in [0.717, 1.165) is 12.1 Å². The number of nitrogens with zero attached hydrogens (tertiary/aromatic N) is 2. The van der Waals surface area contributed by atoms with Gasteiger partial charge in [0.25, 0.3) is 0 Å². The predicted octanol–water partition coefficient (Wildman–Crippen LogP) is 1.15. The molecule has 1 N–H and O–H groups in total. The van der Waals surface area contributed by atoms with E-state index in [-0.39, 0.29) is 0 Å². The van der Waals surface area contributed by atoms with Crippen molar-refractivity contribution in [1.82, 2.24) is 15.1 Å². The second kappa shape index (κ2) is 5.99. The molecule has 0 aromatic heterocycles. The van der Waals surface area contributed by atoms with Crippen LogP contribution in [0.5, 0.6) is 0 Å². The fourth-order valence-electron chi connectivity index (χ4n) is 3.05. The Bertz CT molecular complexity index is 199. The van der Waals surface area contributed by atoms with Gasteiger partial charge in [0, 0.05) is 38.3 Å². The van der Waals surface area contributed by atoms with Crippen molar-refractivity contribution in [2.45, 2.75) is 44.7 Å². The second-order valence-electron chi connectivity index (χ2n) is 5.39. The second-order valence-corrected chi connectivity index (χ2v) is 5.39. The molecule has 2 aliphatic rings. The molecule has 3 nitrogen and oxygen atoms in total. The number of likely N-dealkylation sites (N-methyl/N-ethyl adjacent to an activating group) is 1. The third-order valence-electron chi connectivity index (χ3n) is 4.32. The van der Waals surface area contributed by atoms with Crippen LogP contribution in [0, 0.1) is 0 Å².